The number of nitrogens with two attached hydrogens (primary N) is 1. The van der Waals surface area contributed by atoms with Crippen LogP contribution in [0.5, 0.6) is 0 Å². The van der Waals surface area contributed by atoms with Crippen molar-refractivity contribution < 1.29 is 14.4 Å². The van der Waals surface area contributed by atoms with E-state index in [1.807, 2.05) is 65.0 Å². The first-order valence-electron chi connectivity index (χ1n) is 16.4. The standard InChI is InChI=1S/C35H48N8O3/c1-4-40(5-2)20-21-42-26-43(28-14-10-7-11-15-28)35(34(42)46)16-18-41(19-17-35)33(45)31(22-27-12-8-6-9-13-27)38-32(44)30(36)23-29-24-37-25-39(29)3/h6-15,24-25,30-31H,4-5,16-23,26,36H2,1-3H3,(H,38,44). The first kappa shape index (κ1) is 33.2. The Morgan fingerprint density at radius 3 is 2.26 bits per heavy atom. The highest BCUT2D eigenvalue weighted by Crippen LogP contribution is 2.39. The molecule has 2 fully saturated rings. The lowest BCUT2D eigenvalue weighted by Gasteiger charge is -2.44. The van der Waals surface area contributed by atoms with Crippen LogP contribution in [-0.2, 0) is 34.3 Å². The Morgan fingerprint density at radius 1 is 1.00 bits per heavy atom. The van der Waals surface area contributed by atoms with Gasteiger partial charge in [0.25, 0.3) is 0 Å². The molecule has 2 saturated heterocycles. The van der Waals surface area contributed by atoms with Crippen LogP contribution in [0.25, 0.3) is 0 Å². The number of benzene rings is 2. The molecule has 3 amide bonds. The number of hydrogen-bond acceptors (Lipinski definition) is 7. The quantitative estimate of drug-likeness (QED) is 0.297. The summed E-state index contributed by atoms with van der Waals surface area (Å²) in [4.78, 5) is 54.1. The van der Waals surface area contributed by atoms with Crippen molar-refractivity contribution in [2.24, 2.45) is 12.8 Å². The fourth-order valence-electron chi connectivity index (χ4n) is 6.72. The summed E-state index contributed by atoms with van der Waals surface area (Å²) < 4.78 is 1.83. The smallest absolute Gasteiger partial charge is 0.250 e. The van der Waals surface area contributed by atoms with Crippen molar-refractivity contribution in [2.75, 3.05) is 50.8 Å². The van der Waals surface area contributed by atoms with Crippen molar-refractivity contribution >= 4 is 23.4 Å². The molecule has 0 radical (unpaired) electrons. The van der Waals surface area contributed by atoms with Crippen molar-refractivity contribution in [2.45, 2.75) is 57.2 Å². The van der Waals surface area contributed by atoms with E-state index in [1.165, 1.54) is 0 Å². The van der Waals surface area contributed by atoms with Gasteiger partial charge in [-0.3, -0.25) is 14.4 Å². The maximum absolute atomic E-state index is 14.2. The Balaban J connectivity index is 1.31. The summed E-state index contributed by atoms with van der Waals surface area (Å²) in [6.45, 7) is 9.02. The maximum atomic E-state index is 14.2. The zero-order valence-corrected chi connectivity index (χ0v) is 27.3. The van der Waals surface area contributed by atoms with E-state index in [0.717, 1.165) is 36.6 Å². The number of likely N-dealkylation sites (N-methyl/N-ethyl adjacent to an activating group) is 1. The zero-order valence-electron chi connectivity index (χ0n) is 27.3. The molecule has 2 aliphatic heterocycles. The predicted octanol–water partition coefficient (Wildman–Crippen LogP) is 2.03. The number of hydrogen-bond donors (Lipinski definition) is 2. The number of piperidine rings is 1. The van der Waals surface area contributed by atoms with Gasteiger partial charge in [-0.1, -0.05) is 62.4 Å². The number of likely N-dealkylation sites (tertiary alicyclic amines) is 1. The van der Waals surface area contributed by atoms with Crippen molar-refractivity contribution in [1.82, 2.24) is 29.6 Å². The van der Waals surface area contributed by atoms with Gasteiger partial charge in [0.05, 0.1) is 19.0 Å². The lowest BCUT2D eigenvalue weighted by molar-refractivity contribution is -0.141. The van der Waals surface area contributed by atoms with Crippen molar-refractivity contribution in [3.05, 3.63) is 84.4 Å². The van der Waals surface area contributed by atoms with Crippen molar-refractivity contribution in [3.63, 3.8) is 0 Å². The first-order valence-corrected chi connectivity index (χ1v) is 16.4. The Hall–Kier alpha value is -4.22. The Bertz CT molecular complexity index is 1450. The van der Waals surface area contributed by atoms with E-state index in [4.69, 9.17) is 5.73 Å². The fraction of sp³-hybridized carbons (Fsp3) is 0.486. The highest BCUT2D eigenvalue weighted by molar-refractivity contribution is 5.94. The number of aromatic nitrogens is 2. The molecule has 11 heteroatoms. The highest BCUT2D eigenvalue weighted by atomic mass is 16.2. The van der Waals surface area contributed by atoms with Crippen LogP contribution in [0.3, 0.4) is 0 Å². The number of para-hydroxylation sites is 1. The van der Waals surface area contributed by atoms with Gasteiger partial charge < -0.3 is 35.2 Å². The minimum absolute atomic E-state index is 0.130. The Kier molecular flexibility index (Phi) is 10.7. The molecular formula is C35H48N8O3. The van der Waals surface area contributed by atoms with Crippen LogP contribution in [0, 0.1) is 0 Å². The summed E-state index contributed by atoms with van der Waals surface area (Å²) in [6.07, 6.45) is 5.05. The molecule has 11 nitrogen and oxygen atoms in total. The molecule has 46 heavy (non-hydrogen) atoms. The van der Waals surface area contributed by atoms with Crippen LogP contribution in [0.15, 0.2) is 73.2 Å². The molecule has 0 saturated carbocycles. The number of nitrogens with one attached hydrogen (secondary N) is 1. The third kappa shape index (κ3) is 7.26. The lowest BCUT2D eigenvalue weighted by Crippen LogP contribution is -2.60. The van der Waals surface area contributed by atoms with Gasteiger partial charge in [-0.25, -0.2) is 4.98 Å². The second-order valence-corrected chi connectivity index (χ2v) is 12.4. The van der Waals surface area contributed by atoms with Gasteiger partial charge in [0.1, 0.15) is 11.6 Å². The van der Waals surface area contributed by atoms with Crippen LogP contribution in [0.4, 0.5) is 5.69 Å². The van der Waals surface area contributed by atoms with Gasteiger partial charge in [0, 0.05) is 63.6 Å². The second kappa shape index (κ2) is 14.9. The number of carbonyl (C=O) groups is 3. The van der Waals surface area contributed by atoms with Gasteiger partial charge in [0.2, 0.25) is 17.7 Å². The Morgan fingerprint density at radius 2 is 1.65 bits per heavy atom. The van der Waals surface area contributed by atoms with Crippen molar-refractivity contribution in [3.8, 4) is 0 Å². The van der Waals surface area contributed by atoms with Gasteiger partial charge in [-0.05, 0) is 43.6 Å². The molecule has 0 aliphatic carbocycles. The number of imidazole rings is 1. The van der Waals surface area contributed by atoms with Crippen LogP contribution in [0.2, 0.25) is 0 Å². The first-order chi connectivity index (χ1) is 22.3. The lowest BCUT2D eigenvalue weighted by atomic mass is 9.85. The molecule has 0 bridgehead atoms. The average Bonchev–Trinajstić information content (AvgIpc) is 3.61. The monoisotopic (exact) mass is 628 g/mol. The predicted molar refractivity (Wildman–Crippen MR) is 179 cm³/mol. The second-order valence-electron chi connectivity index (χ2n) is 12.4. The van der Waals surface area contributed by atoms with Gasteiger partial charge in [0.15, 0.2) is 0 Å². The molecule has 246 valence electrons. The van der Waals surface area contributed by atoms with E-state index in [-0.39, 0.29) is 17.7 Å². The molecule has 5 rings (SSSR count). The molecule has 2 aromatic carbocycles. The number of carbonyl (C=O) groups excluding carboxylic acids is 3. The van der Waals surface area contributed by atoms with Gasteiger partial charge in [-0.15, -0.1) is 0 Å². The van der Waals surface area contributed by atoms with Crippen LogP contribution in [-0.4, -0.2) is 106 Å². The molecule has 3 aromatic rings. The number of amides is 3. The minimum Gasteiger partial charge on any atom is -0.343 e. The number of nitrogens with zero attached hydrogens (tertiary/aromatic N) is 6. The molecule has 2 aliphatic rings. The summed E-state index contributed by atoms with van der Waals surface area (Å²) in [5.74, 6) is -0.408. The SMILES string of the molecule is CCN(CC)CCN1CN(c2ccccc2)C2(CCN(C(=O)C(Cc3ccccc3)NC(=O)C(N)Cc3cncn3C)CC2)C1=O. The van der Waals surface area contributed by atoms with Gasteiger partial charge >= 0.3 is 0 Å². The molecule has 3 heterocycles. The minimum atomic E-state index is -0.830. The molecule has 1 aromatic heterocycles. The molecule has 2 atom stereocenters. The summed E-state index contributed by atoms with van der Waals surface area (Å²) in [6, 6.07) is 18.2. The van der Waals surface area contributed by atoms with Crippen LogP contribution < -0.4 is 16.0 Å². The van der Waals surface area contributed by atoms with E-state index in [1.54, 1.807) is 17.4 Å². The largest absolute Gasteiger partial charge is 0.343 e. The van der Waals surface area contributed by atoms with Crippen molar-refractivity contribution in [1.29, 1.82) is 0 Å². The van der Waals surface area contributed by atoms with E-state index in [2.05, 4.69) is 46.1 Å². The Labute approximate surface area is 272 Å². The molecular weight excluding hydrogens is 580 g/mol. The van der Waals surface area contributed by atoms with E-state index < -0.39 is 17.6 Å². The van der Waals surface area contributed by atoms with E-state index in [9.17, 15) is 14.4 Å². The van der Waals surface area contributed by atoms with E-state index >= 15 is 0 Å². The zero-order chi connectivity index (χ0) is 32.7. The highest BCUT2D eigenvalue weighted by Gasteiger charge is 2.54. The van der Waals surface area contributed by atoms with E-state index in [0.29, 0.717) is 52.0 Å². The average molecular weight is 629 g/mol. The molecule has 3 N–H and O–H groups in total. The van der Waals surface area contributed by atoms with Gasteiger partial charge in [-0.2, -0.15) is 0 Å². The fourth-order valence-corrected chi connectivity index (χ4v) is 6.72. The molecule has 2 unspecified atom stereocenters. The third-order valence-corrected chi connectivity index (χ3v) is 9.64. The molecule has 1 spiro atoms. The summed E-state index contributed by atoms with van der Waals surface area (Å²) in [7, 11) is 1.86. The third-order valence-electron chi connectivity index (χ3n) is 9.64. The summed E-state index contributed by atoms with van der Waals surface area (Å²) in [5.41, 5.74) is 8.38. The summed E-state index contributed by atoms with van der Waals surface area (Å²) >= 11 is 0. The van der Waals surface area contributed by atoms with Crippen LogP contribution >= 0.6 is 0 Å². The normalized spacial score (nSPS) is 17.5. The number of aryl methyl sites for hydroxylation is 1. The number of rotatable bonds is 13. The van der Waals surface area contributed by atoms with Crippen LogP contribution in [0.1, 0.15) is 37.9 Å². The number of anilines is 1. The summed E-state index contributed by atoms with van der Waals surface area (Å²) in [5, 5.41) is 2.97. The topological polar surface area (TPSA) is 120 Å². The maximum Gasteiger partial charge on any atom is 0.250 e.